The van der Waals surface area contributed by atoms with Gasteiger partial charge in [-0.3, -0.25) is 0 Å². The summed E-state index contributed by atoms with van der Waals surface area (Å²) in [4.78, 5) is 0. The third-order valence-electron chi connectivity index (χ3n) is 2.83. The van der Waals surface area contributed by atoms with Gasteiger partial charge in [-0.2, -0.15) is 0 Å². The zero-order chi connectivity index (χ0) is 12.5. The fourth-order valence-electron chi connectivity index (χ4n) is 1.89. The molecule has 94 valence electrons. The minimum absolute atomic E-state index is 0.0892. The molecule has 4 nitrogen and oxygen atoms in total. The van der Waals surface area contributed by atoms with E-state index < -0.39 is 15.9 Å². The van der Waals surface area contributed by atoms with Crippen molar-refractivity contribution in [1.29, 1.82) is 0 Å². The van der Waals surface area contributed by atoms with E-state index in [0.717, 1.165) is 5.56 Å². The van der Waals surface area contributed by atoms with Crippen molar-refractivity contribution in [1.82, 2.24) is 0 Å². The highest BCUT2D eigenvalue weighted by molar-refractivity contribution is 7.91. The summed E-state index contributed by atoms with van der Waals surface area (Å²) in [7, 11) is -2.92. The summed E-state index contributed by atoms with van der Waals surface area (Å²) in [6.45, 7) is 1.68. The van der Waals surface area contributed by atoms with Crippen LogP contribution in [0.3, 0.4) is 0 Å². The predicted molar refractivity (Wildman–Crippen MR) is 64.8 cm³/mol. The van der Waals surface area contributed by atoms with Gasteiger partial charge in [0.1, 0.15) is 11.9 Å². The summed E-state index contributed by atoms with van der Waals surface area (Å²) in [6, 6.07) is 7.12. The Morgan fingerprint density at radius 1 is 1.47 bits per heavy atom. The Bertz CT molecular complexity index is 493. The summed E-state index contributed by atoms with van der Waals surface area (Å²) in [5.74, 6) is 0.908. The average Bonchev–Trinajstić information content (AvgIpc) is 2.58. The largest absolute Gasteiger partial charge is 0.489 e. The predicted octanol–water partition coefficient (Wildman–Crippen LogP) is 1.31. The molecule has 1 N–H and O–H groups in total. The van der Waals surface area contributed by atoms with Crippen molar-refractivity contribution >= 4 is 9.84 Å². The van der Waals surface area contributed by atoms with Gasteiger partial charge in [-0.15, -0.1) is 0 Å². The highest BCUT2D eigenvalue weighted by Gasteiger charge is 2.29. The highest BCUT2D eigenvalue weighted by Crippen LogP contribution is 2.23. The van der Waals surface area contributed by atoms with Crippen LogP contribution in [-0.4, -0.2) is 31.1 Å². The van der Waals surface area contributed by atoms with Crippen molar-refractivity contribution in [3.63, 3.8) is 0 Å². The third-order valence-corrected chi connectivity index (χ3v) is 4.57. The highest BCUT2D eigenvalue weighted by atomic mass is 32.2. The van der Waals surface area contributed by atoms with Crippen molar-refractivity contribution in [2.75, 3.05) is 11.5 Å². The number of ether oxygens (including phenoxy) is 1. The SMILES string of the molecule is C[C@H](O)c1cccc(OC2CCS(=O)(=O)C2)c1. The number of rotatable bonds is 3. The zero-order valence-electron chi connectivity index (χ0n) is 9.67. The molecule has 1 aromatic rings. The Morgan fingerprint density at radius 2 is 2.24 bits per heavy atom. The number of aliphatic hydroxyl groups is 1. The molecule has 1 aliphatic heterocycles. The first-order chi connectivity index (χ1) is 7.96. The van der Waals surface area contributed by atoms with E-state index in [9.17, 15) is 13.5 Å². The molecule has 1 unspecified atom stereocenters. The number of aliphatic hydroxyl groups excluding tert-OH is 1. The van der Waals surface area contributed by atoms with E-state index in [1.165, 1.54) is 0 Å². The van der Waals surface area contributed by atoms with Crippen molar-refractivity contribution in [2.45, 2.75) is 25.6 Å². The van der Waals surface area contributed by atoms with E-state index in [2.05, 4.69) is 0 Å². The summed E-state index contributed by atoms with van der Waals surface area (Å²) in [5.41, 5.74) is 0.767. The summed E-state index contributed by atoms with van der Waals surface area (Å²) in [5, 5.41) is 9.44. The van der Waals surface area contributed by atoms with E-state index in [1.807, 2.05) is 6.07 Å². The Labute approximate surface area is 101 Å². The fourth-order valence-corrected chi connectivity index (χ4v) is 3.48. The van der Waals surface area contributed by atoms with E-state index in [-0.39, 0.29) is 17.6 Å². The topological polar surface area (TPSA) is 63.6 Å². The summed E-state index contributed by atoms with van der Waals surface area (Å²) < 4.78 is 28.2. The maximum atomic E-state index is 11.3. The van der Waals surface area contributed by atoms with E-state index in [4.69, 9.17) is 4.74 Å². The zero-order valence-corrected chi connectivity index (χ0v) is 10.5. The van der Waals surface area contributed by atoms with Gasteiger partial charge in [-0.1, -0.05) is 12.1 Å². The first-order valence-electron chi connectivity index (χ1n) is 5.61. The second kappa shape index (κ2) is 4.66. The van der Waals surface area contributed by atoms with Crippen molar-refractivity contribution in [3.05, 3.63) is 29.8 Å². The maximum absolute atomic E-state index is 11.3. The molecule has 1 aromatic carbocycles. The quantitative estimate of drug-likeness (QED) is 0.885. The summed E-state index contributed by atoms with van der Waals surface area (Å²) in [6.07, 6.45) is -0.267. The Morgan fingerprint density at radius 3 is 2.82 bits per heavy atom. The molecule has 0 saturated carbocycles. The van der Waals surface area contributed by atoms with Crippen LogP contribution in [0.2, 0.25) is 0 Å². The van der Waals surface area contributed by atoms with Gasteiger partial charge in [0.2, 0.25) is 0 Å². The third kappa shape index (κ3) is 3.20. The number of hydrogen-bond acceptors (Lipinski definition) is 4. The van der Waals surface area contributed by atoms with Crippen LogP contribution in [0.25, 0.3) is 0 Å². The number of benzene rings is 1. The average molecular weight is 256 g/mol. The molecule has 0 aliphatic carbocycles. The first kappa shape index (κ1) is 12.4. The van der Waals surface area contributed by atoms with Gasteiger partial charge < -0.3 is 9.84 Å². The van der Waals surface area contributed by atoms with E-state index >= 15 is 0 Å². The monoisotopic (exact) mass is 256 g/mol. The molecule has 0 radical (unpaired) electrons. The Kier molecular flexibility index (Phi) is 3.40. The minimum atomic E-state index is -2.92. The van der Waals surface area contributed by atoms with Gasteiger partial charge >= 0.3 is 0 Å². The van der Waals surface area contributed by atoms with Crippen molar-refractivity contribution in [3.8, 4) is 5.75 Å². The maximum Gasteiger partial charge on any atom is 0.154 e. The lowest BCUT2D eigenvalue weighted by Crippen LogP contribution is -2.17. The molecule has 17 heavy (non-hydrogen) atoms. The van der Waals surface area contributed by atoms with Crippen molar-refractivity contribution in [2.24, 2.45) is 0 Å². The van der Waals surface area contributed by atoms with Crippen LogP contribution in [0.4, 0.5) is 0 Å². The normalized spacial score (nSPS) is 24.5. The van der Waals surface area contributed by atoms with Crippen LogP contribution < -0.4 is 4.74 Å². The molecule has 1 heterocycles. The van der Waals surface area contributed by atoms with Gasteiger partial charge in [0.15, 0.2) is 9.84 Å². The molecule has 1 fully saturated rings. The van der Waals surface area contributed by atoms with Crippen LogP contribution in [0, 0.1) is 0 Å². The molecule has 2 rings (SSSR count). The molecule has 1 aliphatic rings. The van der Waals surface area contributed by atoms with E-state index in [1.54, 1.807) is 25.1 Å². The number of hydrogen-bond donors (Lipinski definition) is 1. The Balaban J connectivity index is 2.07. The molecule has 0 amide bonds. The summed E-state index contributed by atoms with van der Waals surface area (Å²) >= 11 is 0. The first-order valence-corrected chi connectivity index (χ1v) is 7.43. The minimum Gasteiger partial charge on any atom is -0.489 e. The van der Waals surface area contributed by atoms with Gasteiger partial charge in [0, 0.05) is 0 Å². The van der Waals surface area contributed by atoms with Crippen LogP contribution in [0.1, 0.15) is 25.0 Å². The standard InChI is InChI=1S/C12H16O4S/c1-9(13)10-3-2-4-11(7-10)16-12-5-6-17(14,15)8-12/h2-4,7,9,12-13H,5-6,8H2,1H3/t9-,12?/m0/s1. The molecule has 0 bridgehead atoms. The van der Waals surface area contributed by atoms with Gasteiger partial charge in [0.05, 0.1) is 17.6 Å². The van der Waals surface area contributed by atoms with Crippen LogP contribution in [0.5, 0.6) is 5.75 Å². The Hall–Kier alpha value is -1.07. The lowest BCUT2D eigenvalue weighted by molar-refractivity contribution is 0.196. The molecule has 0 aromatic heterocycles. The smallest absolute Gasteiger partial charge is 0.154 e. The van der Waals surface area contributed by atoms with Crippen LogP contribution in [-0.2, 0) is 9.84 Å². The molecule has 1 saturated heterocycles. The van der Waals surface area contributed by atoms with Gasteiger partial charge in [-0.05, 0) is 31.0 Å². The van der Waals surface area contributed by atoms with Crippen molar-refractivity contribution < 1.29 is 18.3 Å². The van der Waals surface area contributed by atoms with Gasteiger partial charge in [0.25, 0.3) is 0 Å². The van der Waals surface area contributed by atoms with E-state index in [0.29, 0.717) is 12.2 Å². The molecular formula is C12H16O4S. The second-order valence-electron chi connectivity index (χ2n) is 4.39. The molecule has 2 atom stereocenters. The van der Waals surface area contributed by atoms with Gasteiger partial charge in [-0.25, -0.2) is 8.42 Å². The lowest BCUT2D eigenvalue weighted by atomic mass is 10.1. The molecule has 5 heteroatoms. The fraction of sp³-hybridized carbons (Fsp3) is 0.500. The second-order valence-corrected chi connectivity index (χ2v) is 6.62. The lowest BCUT2D eigenvalue weighted by Gasteiger charge is -2.13. The van der Waals surface area contributed by atoms with Crippen LogP contribution in [0.15, 0.2) is 24.3 Å². The van der Waals surface area contributed by atoms with Crippen LogP contribution >= 0.6 is 0 Å². The molecular weight excluding hydrogens is 240 g/mol. The number of sulfone groups is 1. The molecule has 0 spiro atoms.